The fourth-order valence-corrected chi connectivity index (χ4v) is 3.86. The Morgan fingerprint density at radius 2 is 1.83 bits per heavy atom. The zero-order valence-corrected chi connectivity index (χ0v) is 12.0. The minimum Gasteiger partial charge on any atom is -0.313 e. The van der Waals surface area contributed by atoms with E-state index in [9.17, 15) is 0 Å². The maximum Gasteiger partial charge on any atom is 0.0110 e. The second-order valence-electron chi connectivity index (χ2n) is 6.77. The molecule has 0 aromatic heterocycles. The van der Waals surface area contributed by atoms with Gasteiger partial charge in [-0.3, -0.25) is 4.90 Å². The standard InChI is InChI=1S/C16H30N2/c1-2-18(16-8-9-16)11-10-17-15-5-3-4-14(12-15)13-6-7-13/h13-17H,2-12H2,1H3. The molecule has 3 aliphatic carbocycles. The van der Waals surface area contributed by atoms with Crippen LogP contribution in [0.5, 0.6) is 0 Å². The van der Waals surface area contributed by atoms with Crippen LogP contribution in [0.15, 0.2) is 0 Å². The average Bonchev–Trinajstić information content (AvgIpc) is 3.28. The fraction of sp³-hybridized carbons (Fsp3) is 1.00. The van der Waals surface area contributed by atoms with E-state index in [2.05, 4.69) is 17.1 Å². The number of hydrogen-bond acceptors (Lipinski definition) is 2. The Labute approximate surface area is 113 Å². The van der Waals surface area contributed by atoms with Gasteiger partial charge in [0.05, 0.1) is 0 Å². The summed E-state index contributed by atoms with van der Waals surface area (Å²) in [5, 5.41) is 3.84. The van der Waals surface area contributed by atoms with Gasteiger partial charge in [0.2, 0.25) is 0 Å². The summed E-state index contributed by atoms with van der Waals surface area (Å²) >= 11 is 0. The summed E-state index contributed by atoms with van der Waals surface area (Å²) in [6.07, 6.45) is 11.8. The molecule has 104 valence electrons. The van der Waals surface area contributed by atoms with Crippen LogP contribution < -0.4 is 5.32 Å². The summed E-state index contributed by atoms with van der Waals surface area (Å²) in [5.41, 5.74) is 0. The molecule has 18 heavy (non-hydrogen) atoms. The summed E-state index contributed by atoms with van der Waals surface area (Å²) in [6, 6.07) is 1.77. The highest BCUT2D eigenvalue weighted by molar-refractivity contribution is 4.88. The van der Waals surface area contributed by atoms with E-state index in [4.69, 9.17) is 0 Å². The third kappa shape index (κ3) is 3.48. The van der Waals surface area contributed by atoms with Gasteiger partial charge >= 0.3 is 0 Å². The summed E-state index contributed by atoms with van der Waals surface area (Å²) in [6.45, 7) is 6.03. The molecule has 0 bridgehead atoms. The number of hydrogen-bond donors (Lipinski definition) is 1. The van der Waals surface area contributed by atoms with Crippen molar-refractivity contribution in [2.24, 2.45) is 11.8 Å². The summed E-state index contributed by atoms with van der Waals surface area (Å²) in [5.74, 6) is 2.19. The summed E-state index contributed by atoms with van der Waals surface area (Å²) in [4.78, 5) is 2.66. The largest absolute Gasteiger partial charge is 0.313 e. The first-order valence-electron chi connectivity index (χ1n) is 8.34. The van der Waals surface area contributed by atoms with Crippen molar-refractivity contribution in [1.29, 1.82) is 0 Å². The molecule has 3 aliphatic rings. The Bertz CT molecular complexity index is 258. The summed E-state index contributed by atoms with van der Waals surface area (Å²) < 4.78 is 0. The third-order valence-electron chi connectivity index (χ3n) is 5.30. The van der Waals surface area contributed by atoms with Crippen LogP contribution in [0.1, 0.15) is 58.3 Å². The van der Waals surface area contributed by atoms with Crippen LogP contribution in [0, 0.1) is 11.8 Å². The molecule has 0 aliphatic heterocycles. The SMILES string of the molecule is CCN(CCNC1CCCC(C2CC2)C1)C1CC1. The zero-order chi connectivity index (χ0) is 12.4. The molecule has 0 aromatic rings. The van der Waals surface area contributed by atoms with Crippen molar-refractivity contribution in [3.8, 4) is 0 Å². The molecule has 0 heterocycles. The maximum atomic E-state index is 3.84. The normalized spacial score (nSPS) is 33.0. The van der Waals surface area contributed by atoms with Gasteiger partial charge in [-0.15, -0.1) is 0 Å². The minimum absolute atomic E-state index is 0.835. The Morgan fingerprint density at radius 3 is 2.50 bits per heavy atom. The highest BCUT2D eigenvalue weighted by atomic mass is 15.2. The molecule has 0 saturated heterocycles. The molecule has 2 unspecified atom stereocenters. The molecule has 3 saturated carbocycles. The lowest BCUT2D eigenvalue weighted by molar-refractivity contribution is 0.237. The molecule has 1 N–H and O–H groups in total. The van der Waals surface area contributed by atoms with E-state index in [1.165, 1.54) is 71.0 Å². The van der Waals surface area contributed by atoms with Crippen LogP contribution in [0.4, 0.5) is 0 Å². The first-order valence-corrected chi connectivity index (χ1v) is 8.34. The molecule has 0 amide bonds. The van der Waals surface area contributed by atoms with E-state index < -0.39 is 0 Å². The predicted octanol–water partition coefficient (Wildman–Crippen LogP) is 3.03. The molecule has 3 fully saturated rings. The Kier molecular flexibility index (Phi) is 4.25. The Balaban J connectivity index is 1.34. The molecule has 2 nitrogen and oxygen atoms in total. The number of nitrogens with zero attached hydrogens (tertiary/aromatic N) is 1. The quantitative estimate of drug-likeness (QED) is 0.747. The topological polar surface area (TPSA) is 15.3 Å². The van der Waals surface area contributed by atoms with Crippen LogP contribution in [-0.4, -0.2) is 36.6 Å². The number of rotatable bonds is 7. The second kappa shape index (κ2) is 5.92. The van der Waals surface area contributed by atoms with Gasteiger partial charge in [-0.2, -0.15) is 0 Å². The fourth-order valence-electron chi connectivity index (χ4n) is 3.86. The van der Waals surface area contributed by atoms with Crippen molar-refractivity contribution in [3.63, 3.8) is 0 Å². The summed E-state index contributed by atoms with van der Waals surface area (Å²) in [7, 11) is 0. The third-order valence-corrected chi connectivity index (χ3v) is 5.30. The second-order valence-corrected chi connectivity index (χ2v) is 6.77. The predicted molar refractivity (Wildman–Crippen MR) is 76.7 cm³/mol. The van der Waals surface area contributed by atoms with Crippen LogP contribution in [0.2, 0.25) is 0 Å². The lowest BCUT2D eigenvalue weighted by atomic mass is 9.83. The van der Waals surface area contributed by atoms with Gasteiger partial charge in [0.25, 0.3) is 0 Å². The monoisotopic (exact) mass is 250 g/mol. The highest BCUT2D eigenvalue weighted by Gasteiger charge is 2.34. The van der Waals surface area contributed by atoms with E-state index in [1.807, 2.05) is 0 Å². The van der Waals surface area contributed by atoms with Crippen LogP contribution in [0.25, 0.3) is 0 Å². The van der Waals surface area contributed by atoms with Crippen LogP contribution in [0.3, 0.4) is 0 Å². The van der Waals surface area contributed by atoms with Gasteiger partial charge in [-0.05, 0) is 56.9 Å². The molecule has 2 heteroatoms. The van der Waals surface area contributed by atoms with Crippen LogP contribution >= 0.6 is 0 Å². The van der Waals surface area contributed by atoms with Crippen molar-refractivity contribution in [3.05, 3.63) is 0 Å². The number of nitrogens with one attached hydrogen (secondary N) is 1. The van der Waals surface area contributed by atoms with Gasteiger partial charge < -0.3 is 5.32 Å². The van der Waals surface area contributed by atoms with Crippen LogP contribution in [-0.2, 0) is 0 Å². The van der Waals surface area contributed by atoms with Gasteiger partial charge in [-0.25, -0.2) is 0 Å². The van der Waals surface area contributed by atoms with E-state index >= 15 is 0 Å². The Morgan fingerprint density at radius 1 is 1.00 bits per heavy atom. The molecule has 0 radical (unpaired) electrons. The van der Waals surface area contributed by atoms with E-state index in [-0.39, 0.29) is 0 Å². The lowest BCUT2D eigenvalue weighted by Gasteiger charge is -2.31. The van der Waals surface area contributed by atoms with Crippen molar-refractivity contribution < 1.29 is 0 Å². The van der Waals surface area contributed by atoms with Crippen molar-refractivity contribution in [1.82, 2.24) is 10.2 Å². The number of likely N-dealkylation sites (N-methyl/N-ethyl adjacent to an activating group) is 1. The smallest absolute Gasteiger partial charge is 0.0110 e. The van der Waals surface area contributed by atoms with E-state index in [0.717, 1.165) is 23.9 Å². The molecule has 3 rings (SSSR count). The maximum absolute atomic E-state index is 3.84. The minimum atomic E-state index is 0.835. The van der Waals surface area contributed by atoms with Gasteiger partial charge in [0, 0.05) is 25.2 Å². The molecule has 0 spiro atoms. The first kappa shape index (κ1) is 12.9. The molecular weight excluding hydrogens is 220 g/mol. The van der Waals surface area contributed by atoms with Crippen molar-refractivity contribution >= 4 is 0 Å². The van der Waals surface area contributed by atoms with Gasteiger partial charge in [0.1, 0.15) is 0 Å². The average molecular weight is 250 g/mol. The lowest BCUT2D eigenvalue weighted by Crippen LogP contribution is -2.40. The zero-order valence-electron chi connectivity index (χ0n) is 12.0. The highest BCUT2D eigenvalue weighted by Crippen LogP contribution is 2.43. The van der Waals surface area contributed by atoms with Crippen molar-refractivity contribution in [2.75, 3.05) is 19.6 Å². The van der Waals surface area contributed by atoms with Gasteiger partial charge in [-0.1, -0.05) is 19.8 Å². The Hall–Kier alpha value is -0.0800. The first-order chi connectivity index (χ1) is 8.86. The molecular formula is C16H30N2. The van der Waals surface area contributed by atoms with E-state index in [1.54, 1.807) is 0 Å². The van der Waals surface area contributed by atoms with Crippen molar-refractivity contribution in [2.45, 2.75) is 70.4 Å². The molecule has 0 aromatic carbocycles. The molecule has 2 atom stereocenters. The van der Waals surface area contributed by atoms with E-state index in [0.29, 0.717) is 0 Å². The van der Waals surface area contributed by atoms with Gasteiger partial charge in [0.15, 0.2) is 0 Å².